The van der Waals surface area contributed by atoms with Crippen LogP contribution in [0.25, 0.3) is 0 Å². The Morgan fingerprint density at radius 2 is 2.00 bits per heavy atom. The molecule has 0 aliphatic rings. The monoisotopic (exact) mass is 252 g/mol. The molecule has 0 saturated heterocycles. The van der Waals surface area contributed by atoms with Crippen molar-refractivity contribution >= 4 is 17.5 Å². The number of hydrogen-bond donors (Lipinski definition) is 2. The Kier molecular flexibility index (Phi) is 4.11. The van der Waals surface area contributed by atoms with Crippen molar-refractivity contribution in [3.63, 3.8) is 0 Å². The second-order valence-electron chi connectivity index (χ2n) is 5.34. The molecule has 100 valence electrons. The van der Waals surface area contributed by atoms with E-state index in [9.17, 15) is 9.59 Å². The van der Waals surface area contributed by atoms with E-state index in [1.165, 1.54) is 0 Å². The van der Waals surface area contributed by atoms with Crippen molar-refractivity contribution in [1.29, 1.82) is 0 Å². The first-order chi connectivity index (χ1) is 8.20. The summed E-state index contributed by atoms with van der Waals surface area (Å²) in [6.45, 7) is 7.05. The van der Waals surface area contributed by atoms with Crippen LogP contribution in [-0.4, -0.2) is 27.6 Å². The molecule has 1 heterocycles. The summed E-state index contributed by atoms with van der Waals surface area (Å²) in [5.41, 5.74) is 0.0994. The van der Waals surface area contributed by atoms with E-state index in [4.69, 9.17) is 0 Å². The molecule has 0 aliphatic heterocycles. The minimum Gasteiger partial charge on any atom is -0.344 e. The first-order valence-electron chi connectivity index (χ1n) is 5.80. The highest BCUT2D eigenvalue weighted by molar-refractivity contribution is 5.97. The van der Waals surface area contributed by atoms with E-state index < -0.39 is 11.5 Å². The van der Waals surface area contributed by atoms with Gasteiger partial charge in [0, 0.05) is 18.7 Å². The van der Waals surface area contributed by atoms with Crippen molar-refractivity contribution in [2.45, 2.75) is 33.7 Å². The molecule has 1 unspecified atom stereocenters. The molecule has 2 amide bonds. The SMILES string of the molecule is CC(NC(=O)C(C)(C)C)C(=O)Nc1cnn(C)c1. The average Bonchev–Trinajstić information content (AvgIpc) is 2.62. The lowest BCUT2D eigenvalue weighted by Crippen LogP contribution is -2.46. The molecule has 0 bridgehead atoms. The van der Waals surface area contributed by atoms with E-state index in [0.29, 0.717) is 5.69 Å². The lowest BCUT2D eigenvalue weighted by molar-refractivity contribution is -0.131. The Morgan fingerprint density at radius 3 is 2.44 bits per heavy atom. The fraction of sp³-hybridized carbons (Fsp3) is 0.583. The minimum absolute atomic E-state index is 0.156. The first kappa shape index (κ1) is 14.2. The molecule has 0 aromatic carbocycles. The maximum atomic E-state index is 11.8. The van der Waals surface area contributed by atoms with Gasteiger partial charge in [0.1, 0.15) is 6.04 Å². The van der Waals surface area contributed by atoms with Crippen molar-refractivity contribution < 1.29 is 9.59 Å². The molecule has 6 heteroatoms. The molecule has 1 aromatic heterocycles. The second-order valence-corrected chi connectivity index (χ2v) is 5.34. The summed E-state index contributed by atoms with van der Waals surface area (Å²) in [7, 11) is 1.76. The van der Waals surface area contributed by atoms with Crippen LogP contribution in [0.5, 0.6) is 0 Å². The lowest BCUT2D eigenvalue weighted by atomic mass is 9.95. The average molecular weight is 252 g/mol. The summed E-state index contributed by atoms with van der Waals surface area (Å²) in [6.07, 6.45) is 3.24. The van der Waals surface area contributed by atoms with Crippen molar-refractivity contribution in [1.82, 2.24) is 15.1 Å². The number of nitrogens with one attached hydrogen (secondary N) is 2. The summed E-state index contributed by atoms with van der Waals surface area (Å²) in [4.78, 5) is 23.5. The number of hydrogen-bond acceptors (Lipinski definition) is 3. The molecule has 2 N–H and O–H groups in total. The molecule has 18 heavy (non-hydrogen) atoms. The van der Waals surface area contributed by atoms with E-state index in [2.05, 4.69) is 15.7 Å². The number of aromatic nitrogens is 2. The van der Waals surface area contributed by atoms with Crippen molar-refractivity contribution in [3.05, 3.63) is 12.4 Å². The number of nitrogens with zero attached hydrogens (tertiary/aromatic N) is 2. The zero-order valence-corrected chi connectivity index (χ0v) is 11.4. The van der Waals surface area contributed by atoms with Crippen LogP contribution in [0.15, 0.2) is 12.4 Å². The Balaban J connectivity index is 2.54. The maximum absolute atomic E-state index is 11.8. The fourth-order valence-corrected chi connectivity index (χ4v) is 1.21. The smallest absolute Gasteiger partial charge is 0.246 e. The van der Waals surface area contributed by atoms with Gasteiger partial charge in [-0.25, -0.2) is 0 Å². The lowest BCUT2D eigenvalue weighted by Gasteiger charge is -2.21. The highest BCUT2D eigenvalue weighted by Crippen LogP contribution is 2.13. The van der Waals surface area contributed by atoms with Crippen LogP contribution in [0, 0.1) is 5.41 Å². The van der Waals surface area contributed by atoms with Gasteiger partial charge in [0.25, 0.3) is 0 Å². The van der Waals surface area contributed by atoms with E-state index in [1.807, 2.05) is 0 Å². The number of amides is 2. The van der Waals surface area contributed by atoms with Crippen LogP contribution in [-0.2, 0) is 16.6 Å². The second kappa shape index (κ2) is 5.20. The third-order valence-corrected chi connectivity index (χ3v) is 2.39. The Bertz CT molecular complexity index is 445. The van der Waals surface area contributed by atoms with Gasteiger partial charge in [-0.2, -0.15) is 5.10 Å². The number of carbonyl (C=O) groups excluding carboxylic acids is 2. The fourth-order valence-electron chi connectivity index (χ4n) is 1.21. The van der Waals surface area contributed by atoms with Crippen molar-refractivity contribution in [2.24, 2.45) is 12.5 Å². The number of carbonyl (C=O) groups is 2. The summed E-state index contributed by atoms with van der Waals surface area (Å²) in [5, 5.41) is 9.29. The van der Waals surface area contributed by atoms with E-state index in [-0.39, 0.29) is 11.8 Å². The molecule has 1 rings (SSSR count). The van der Waals surface area contributed by atoms with Gasteiger partial charge in [-0.3, -0.25) is 14.3 Å². The van der Waals surface area contributed by atoms with E-state index in [1.54, 1.807) is 51.8 Å². The van der Waals surface area contributed by atoms with Gasteiger partial charge in [0.05, 0.1) is 11.9 Å². The van der Waals surface area contributed by atoms with Crippen LogP contribution in [0.3, 0.4) is 0 Å². The van der Waals surface area contributed by atoms with E-state index >= 15 is 0 Å². The molecule has 0 aliphatic carbocycles. The van der Waals surface area contributed by atoms with Crippen LogP contribution >= 0.6 is 0 Å². The zero-order valence-electron chi connectivity index (χ0n) is 11.4. The maximum Gasteiger partial charge on any atom is 0.246 e. The number of rotatable bonds is 3. The molecular formula is C12H20N4O2. The minimum atomic E-state index is -0.586. The Labute approximate surface area is 107 Å². The quantitative estimate of drug-likeness (QED) is 0.839. The first-order valence-corrected chi connectivity index (χ1v) is 5.80. The van der Waals surface area contributed by atoms with E-state index in [0.717, 1.165) is 0 Å². The standard InChI is InChI=1S/C12H20N4O2/c1-8(14-11(18)12(2,3)4)10(17)15-9-6-13-16(5)7-9/h6-8H,1-5H3,(H,14,18)(H,15,17). The zero-order chi connectivity index (χ0) is 13.9. The van der Waals surface area contributed by atoms with Gasteiger partial charge >= 0.3 is 0 Å². The predicted molar refractivity (Wildman–Crippen MR) is 68.9 cm³/mol. The Morgan fingerprint density at radius 1 is 1.39 bits per heavy atom. The molecule has 0 radical (unpaired) electrons. The van der Waals surface area contributed by atoms with Gasteiger partial charge in [-0.15, -0.1) is 0 Å². The topological polar surface area (TPSA) is 76.0 Å². The highest BCUT2D eigenvalue weighted by Gasteiger charge is 2.25. The van der Waals surface area contributed by atoms with Gasteiger partial charge < -0.3 is 10.6 Å². The molecule has 1 atom stereocenters. The molecular weight excluding hydrogens is 232 g/mol. The largest absolute Gasteiger partial charge is 0.344 e. The Hall–Kier alpha value is -1.85. The molecule has 0 saturated carbocycles. The van der Waals surface area contributed by atoms with Gasteiger partial charge in [-0.1, -0.05) is 20.8 Å². The molecule has 0 fully saturated rings. The summed E-state index contributed by atoms with van der Waals surface area (Å²) in [5.74, 6) is -0.420. The summed E-state index contributed by atoms with van der Waals surface area (Å²) < 4.78 is 1.59. The predicted octanol–water partition coefficient (Wildman–Crippen LogP) is 0.909. The third kappa shape index (κ3) is 3.87. The van der Waals surface area contributed by atoms with Gasteiger partial charge in [0.2, 0.25) is 11.8 Å². The van der Waals surface area contributed by atoms with Crippen molar-refractivity contribution in [2.75, 3.05) is 5.32 Å². The van der Waals surface area contributed by atoms with Crippen molar-refractivity contribution in [3.8, 4) is 0 Å². The van der Waals surface area contributed by atoms with Gasteiger partial charge in [-0.05, 0) is 6.92 Å². The normalized spacial score (nSPS) is 12.9. The number of anilines is 1. The van der Waals surface area contributed by atoms with Crippen LogP contribution in [0.2, 0.25) is 0 Å². The van der Waals surface area contributed by atoms with Crippen LogP contribution in [0.1, 0.15) is 27.7 Å². The molecule has 6 nitrogen and oxygen atoms in total. The summed E-state index contributed by atoms with van der Waals surface area (Å²) in [6, 6.07) is -0.586. The third-order valence-electron chi connectivity index (χ3n) is 2.39. The van der Waals surface area contributed by atoms with Crippen LogP contribution in [0.4, 0.5) is 5.69 Å². The molecule has 0 spiro atoms. The van der Waals surface area contributed by atoms with Gasteiger partial charge in [0.15, 0.2) is 0 Å². The number of aryl methyl sites for hydroxylation is 1. The van der Waals surface area contributed by atoms with Crippen LogP contribution < -0.4 is 10.6 Å². The summed E-state index contributed by atoms with van der Waals surface area (Å²) >= 11 is 0. The molecule has 1 aromatic rings. The highest BCUT2D eigenvalue weighted by atomic mass is 16.2.